The molecule has 0 saturated carbocycles. The molecule has 0 amide bonds. The summed E-state index contributed by atoms with van der Waals surface area (Å²) in [5.74, 6) is -0.253. The van der Waals surface area contributed by atoms with E-state index in [1.807, 2.05) is 6.07 Å². The van der Waals surface area contributed by atoms with Crippen molar-refractivity contribution in [1.29, 1.82) is 0 Å². The van der Waals surface area contributed by atoms with Gasteiger partial charge >= 0.3 is 5.97 Å². The molecule has 0 aliphatic heterocycles. The van der Waals surface area contributed by atoms with Gasteiger partial charge in [-0.05, 0) is 12.5 Å². The Kier molecular flexibility index (Phi) is 5.49. The zero-order valence-electron chi connectivity index (χ0n) is 9.50. The maximum Gasteiger partial charge on any atom is 0.320 e. The minimum absolute atomic E-state index is 0.253. The van der Waals surface area contributed by atoms with Crippen LogP contribution in [0.1, 0.15) is 11.1 Å². The summed E-state index contributed by atoms with van der Waals surface area (Å²) >= 11 is 3.25. The highest BCUT2D eigenvalue weighted by Gasteiger charge is 2.13. The maximum absolute atomic E-state index is 11.1. The summed E-state index contributed by atoms with van der Waals surface area (Å²) in [7, 11) is 1.39. The Balaban J connectivity index is 2.33. The smallest absolute Gasteiger partial charge is 0.320 e. The van der Waals surface area contributed by atoms with Crippen LogP contribution in [0.2, 0.25) is 0 Å². The number of alkyl halides is 1. The van der Waals surface area contributed by atoms with Gasteiger partial charge in [-0.3, -0.25) is 4.79 Å². The first-order valence-electron chi connectivity index (χ1n) is 5.11. The topological polar surface area (TPSA) is 38.3 Å². The van der Waals surface area contributed by atoms with E-state index in [0.29, 0.717) is 6.54 Å². The second-order valence-electron chi connectivity index (χ2n) is 3.61. The van der Waals surface area contributed by atoms with Gasteiger partial charge < -0.3 is 10.1 Å². The number of benzene rings is 1. The minimum atomic E-state index is -0.290. The van der Waals surface area contributed by atoms with Gasteiger partial charge in [0.2, 0.25) is 0 Å². The summed E-state index contributed by atoms with van der Waals surface area (Å²) in [5, 5.41) is 3.20. The standard InChI is InChI=1S/C12H16BrNO2/c1-9-4-3-5-10(6-9)7-14-8-11(13)12(15)16-2/h3-6,11,14H,7-8H2,1-2H3. The average molecular weight is 286 g/mol. The van der Waals surface area contributed by atoms with Crippen molar-refractivity contribution >= 4 is 21.9 Å². The number of nitrogens with one attached hydrogen (secondary N) is 1. The van der Waals surface area contributed by atoms with E-state index in [4.69, 9.17) is 0 Å². The lowest BCUT2D eigenvalue weighted by Gasteiger charge is -2.09. The van der Waals surface area contributed by atoms with E-state index in [-0.39, 0.29) is 10.8 Å². The predicted molar refractivity (Wildman–Crippen MR) is 67.6 cm³/mol. The number of hydrogen-bond donors (Lipinski definition) is 1. The van der Waals surface area contributed by atoms with E-state index in [1.165, 1.54) is 18.2 Å². The Morgan fingerprint density at radius 1 is 1.56 bits per heavy atom. The third kappa shape index (κ3) is 4.33. The molecule has 1 N–H and O–H groups in total. The van der Waals surface area contributed by atoms with Gasteiger partial charge in [-0.1, -0.05) is 45.8 Å². The van der Waals surface area contributed by atoms with Crippen LogP contribution in [0.25, 0.3) is 0 Å². The van der Waals surface area contributed by atoms with Crippen molar-refractivity contribution in [3.05, 3.63) is 35.4 Å². The molecule has 1 atom stereocenters. The lowest BCUT2D eigenvalue weighted by molar-refractivity contribution is -0.139. The fraction of sp³-hybridized carbons (Fsp3) is 0.417. The molecular weight excluding hydrogens is 270 g/mol. The van der Waals surface area contributed by atoms with Gasteiger partial charge in [-0.25, -0.2) is 0 Å². The summed E-state index contributed by atoms with van der Waals surface area (Å²) < 4.78 is 4.61. The number of hydrogen-bond acceptors (Lipinski definition) is 3. The van der Waals surface area contributed by atoms with E-state index in [9.17, 15) is 4.79 Å². The Morgan fingerprint density at radius 3 is 2.94 bits per heavy atom. The molecular formula is C12H16BrNO2. The van der Waals surface area contributed by atoms with Gasteiger partial charge in [0.15, 0.2) is 0 Å². The van der Waals surface area contributed by atoms with Crippen molar-refractivity contribution in [2.75, 3.05) is 13.7 Å². The molecule has 0 radical (unpaired) electrons. The highest BCUT2D eigenvalue weighted by Crippen LogP contribution is 2.04. The van der Waals surface area contributed by atoms with Crippen molar-refractivity contribution < 1.29 is 9.53 Å². The zero-order chi connectivity index (χ0) is 12.0. The first-order chi connectivity index (χ1) is 7.63. The molecule has 0 bridgehead atoms. The van der Waals surface area contributed by atoms with Crippen LogP contribution in [0.4, 0.5) is 0 Å². The van der Waals surface area contributed by atoms with Gasteiger partial charge in [-0.2, -0.15) is 0 Å². The number of carbonyl (C=O) groups is 1. The number of rotatable bonds is 5. The van der Waals surface area contributed by atoms with E-state index in [2.05, 4.69) is 51.1 Å². The Labute approximate surface area is 104 Å². The second kappa shape index (κ2) is 6.66. The maximum atomic E-state index is 11.1. The molecule has 1 rings (SSSR count). The number of ether oxygens (including phenoxy) is 1. The number of methoxy groups -OCH3 is 1. The van der Waals surface area contributed by atoms with Gasteiger partial charge in [0.1, 0.15) is 4.83 Å². The molecule has 4 heteroatoms. The van der Waals surface area contributed by atoms with Crippen molar-refractivity contribution in [2.24, 2.45) is 0 Å². The third-order valence-corrected chi connectivity index (χ3v) is 2.89. The number of carbonyl (C=O) groups excluding carboxylic acids is 1. The van der Waals surface area contributed by atoms with Gasteiger partial charge in [0.05, 0.1) is 7.11 Å². The van der Waals surface area contributed by atoms with Crippen LogP contribution in [0, 0.1) is 6.92 Å². The van der Waals surface area contributed by atoms with E-state index in [1.54, 1.807) is 0 Å². The van der Waals surface area contributed by atoms with Crippen molar-refractivity contribution in [2.45, 2.75) is 18.3 Å². The van der Waals surface area contributed by atoms with Crippen molar-refractivity contribution in [3.63, 3.8) is 0 Å². The van der Waals surface area contributed by atoms with E-state index in [0.717, 1.165) is 6.54 Å². The summed E-state index contributed by atoms with van der Waals surface area (Å²) in [5.41, 5.74) is 2.45. The molecule has 0 aliphatic carbocycles. The van der Waals surface area contributed by atoms with Gasteiger partial charge in [-0.15, -0.1) is 0 Å². The summed E-state index contributed by atoms with van der Waals surface area (Å²) in [6.07, 6.45) is 0. The van der Waals surface area contributed by atoms with Crippen LogP contribution in [0.15, 0.2) is 24.3 Å². The minimum Gasteiger partial charge on any atom is -0.468 e. The second-order valence-corrected chi connectivity index (χ2v) is 4.72. The van der Waals surface area contributed by atoms with Crippen LogP contribution in [-0.4, -0.2) is 24.5 Å². The molecule has 1 aromatic carbocycles. The first kappa shape index (κ1) is 13.2. The number of halogens is 1. The predicted octanol–water partition coefficient (Wildman–Crippen LogP) is 2.02. The molecule has 0 aromatic heterocycles. The van der Waals surface area contributed by atoms with Gasteiger partial charge in [0.25, 0.3) is 0 Å². The summed E-state index contributed by atoms with van der Waals surface area (Å²) in [4.78, 5) is 10.8. The quantitative estimate of drug-likeness (QED) is 0.665. The lowest BCUT2D eigenvalue weighted by Crippen LogP contribution is -2.29. The molecule has 16 heavy (non-hydrogen) atoms. The van der Waals surface area contributed by atoms with E-state index >= 15 is 0 Å². The third-order valence-electron chi connectivity index (χ3n) is 2.19. The van der Waals surface area contributed by atoms with Gasteiger partial charge in [0, 0.05) is 13.1 Å². The van der Waals surface area contributed by atoms with Crippen LogP contribution < -0.4 is 5.32 Å². The molecule has 1 unspecified atom stereocenters. The normalized spacial score (nSPS) is 12.2. The lowest BCUT2D eigenvalue weighted by atomic mass is 10.1. The average Bonchev–Trinajstić information content (AvgIpc) is 2.28. The highest BCUT2D eigenvalue weighted by atomic mass is 79.9. The van der Waals surface area contributed by atoms with Crippen molar-refractivity contribution in [1.82, 2.24) is 5.32 Å². The Morgan fingerprint density at radius 2 is 2.31 bits per heavy atom. The van der Waals surface area contributed by atoms with Crippen LogP contribution >= 0.6 is 15.9 Å². The SMILES string of the molecule is COC(=O)C(Br)CNCc1cccc(C)c1. The molecule has 3 nitrogen and oxygen atoms in total. The molecule has 1 aromatic rings. The largest absolute Gasteiger partial charge is 0.468 e. The van der Waals surface area contributed by atoms with E-state index < -0.39 is 0 Å². The van der Waals surface area contributed by atoms with Crippen LogP contribution in [-0.2, 0) is 16.1 Å². The monoisotopic (exact) mass is 285 g/mol. The fourth-order valence-electron chi connectivity index (χ4n) is 1.38. The zero-order valence-corrected chi connectivity index (χ0v) is 11.1. The molecule has 0 heterocycles. The summed E-state index contributed by atoms with van der Waals surface area (Å²) in [6.45, 7) is 3.37. The number of esters is 1. The Bertz CT molecular complexity index is 355. The van der Waals surface area contributed by atoms with Crippen LogP contribution in [0.5, 0.6) is 0 Å². The highest BCUT2D eigenvalue weighted by molar-refractivity contribution is 9.10. The van der Waals surface area contributed by atoms with Crippen LogP contribution in [0.3, 0.4) is 0 Å². The Hall–Kier alpha value is -0.870. The molecule has 0 fully saturated rings. The molecule has 0 saturated heterocycles. The molecule has 0 aliphatic rings. The first-order valence-corrected chi connectivity index (χ1v) is 6.03. The summed E-state index contributed by atoms with van der Waals surface area (Å²) in [6, 6.07) is 8.26. The fourth-order valence-corrected chi connectivity index (χ4v) is 1.79. The number of aryl methyl sites for hydroxylation is 1. The molecule has 0 spiro atoms. The molecule has 88 valence electrons. The van der Waals surface area contributed by atoms with Crippen molar-refractivity contribution in [3.8, 4) is 0 Å².